The van der Waals surface area contributed by atoms with Gasteiger partial charge < -0.3 is 10.4 Å². The maximum Gasteiger partial charge on any atom is 0.417 e. The second kappa shape index (κ2) is 5.77. The number of aromatic nitrogens is 1. The van der Waals surface area contributed by atoms with Crippen molar-refractivity contribution in [1.29, 1.82) is 0 Å². The topological polar surface area (TPSA) is 45.1 Å². The zero-order valence-corrected chi connectivity index (χ0v) is 10.5. The van der Waals surface area contributed by atoms with Crippen LogP contribution >= 0.6 is 0 Å². The van der Waals surface area contributed by atoms with Gasteiger partial charge in [0.1, 0.15) is 5.82 Å². The molecule has 1 aliphatic rings. The first-order valence-electron chi connectivity index (χ1n) is 6.39. The van der Waals surface area contributed by atoms with Crippen LogP contribution in [0, 0.1) is 5.92 Å². The quantitative estimate of drug-likeness (QED) is 0.890. The lowest BCUT2D eigenvalue weighted by atomic mass is 9.86. The molecule has 0 atom stereocenters. The smallest absolute Gasteiger partial charge is 0.396 e. The molecule has 0 radical (unpaired) electrons. The Bertz CT molecular complexity index is 397. The van der Waals surface area contributed by atoms with Crippen LogP contribution in [0.15, 0.2) is 18.3 Å². The lowest BCUT2D eigenvalue weighted by molar-refractivity contribution is -0.137. The highest BCUT2D eigenvalue weighted by Gasteiger charge is 2.30. The molecular formula is C13H17F3N2O. The summed E-state index contributed by atoms with van der Waals surface area (Å²) in [6.45, 7) is 0.214. The summed E-state index contributed by atoms with van der Waals surface area (Å²) in [7, 11) is 0. The number of nitrogens with one attached hydrogen (secondary N) is 1. The molecule has 6 heteroatoms. The van der Waals surface area contributed by atoms with E-state index in [2.05, 4.69) is 10.3 Å². The van der Waals surface area contributed by atoms with Gasteiger partial charge in [0.25, 0.3) is 0 Å². The van der Waals surface area contributed by atoms with Crippen molar-refractivity contribution in [3.05, 3.63) is 23.9 Å². The Kier molecular flexibility index (Phi) is 4.29. The third kappa shape index (κ3) is 3.83. The van der Waals surface area contributed by atoms with E-state index in [4.69, 9.17) is 5.11 Å². The average molecular weight is 274 g/mol. The van der Waals surface area contributed by atoms with Gasteiger partial charge in [-0.25, -0.2) is 4.98 Å². The molecule has 1 aliphatic carbocycles. The van der Waals surface area contributed by atoms with E-state index >= 15 is 0 Å². The molecule has 0 bridgehead atoms. The lowest BCUT2D eigenvalue weighted by Gasteiger charge is -2.28. The van der Waals surface area contributed by atoms with Gasteiger partial charge in [-0.05, 0) is 43.7 Å². The first-order chi connectivity index (χ1) is 8.99. The summed E-state index contributed by atoms with van der Waals surface area (Å²) in [6.07, 6.45) is 0.206. The van der Waals surface area contributed by atoms with Crippen molar-refractivity contribution >= 4 is 5.82 Å². The molecule has 0 aliphatic heterocycles. The van der Waals surface area contributed by atoms with Gasteiger partial charge in [-0.3, -0.25) is 0 Å². The lowest BCUT2D eigenvalue weighted by Crippen LogP contribution is -2.27. The van der Waals surface area contributed by atoms with Crippen LogP contribution in [-0.2, 0) is 6.18 Å². The van der Waals surface area contributed by atoms with E-state index in [0.717, 1.165) is 37.9 Å². The van der Waals surface area contributed by atoms with Gasteiger partial charge in [0.15, 0.2) is 0 Å². The van der Waals surface area contributed by atoms with Crippen LogP contribution in [0.1, 0.15) is 31.2 Å². The number of nitrogens with zero attached hydrogens (tertiary/aromatic N) is 1. The highest BCUT2D eigenvalue weighted by atomic mass is 19.4. The third-order valence-electron chi connectivity index (χ3n) is 3.55. The van der Waals surface area contributed by atoms with Crippen LogP contribution in [0.25, 0.3) is 0 Å². The van der Waals surface area contributed by atoms with Crippen molar-refractivity contribution in [2.45, 2.75) is 37.9 Å². The van der Waals surface area contributed by atoms with E-state index in [9.17, 15) is 13.2 Å². The van der Waals surface area contributed by atoms with E-state index in [1.54, 1.807) is 0 Å². The molecule has 1 fully saturated rings. The fraction of sp³-hybridized carbons (Fsp3) is 0.615. The molecule has 1 saturated carbocycles. The molecule has 2 rings (SSSR count). The van der Waals surface area contributed by atoms with E-state index < -0.39 is 11.7 Å². The Morgan fingerprint density at radius 3 is 2.37 bits per heavy atom. The van der Waals surface area contributed by atoms with Gasteiger partial charge in [0.05, 0.1) is 5.56 Å². The Labute approximate surface area is 109 Å². The maximum atomic E-state index is 12.4. The molecule has 0 spiro atoms. The normalized spacial score (nSPS) is 24.2. The van der Waals surface area contributed by atoms with Crippen molar-refractivity contribution in [3.63, 3.8) is 0 Å². The predicted molar refractivity (Wildman–Crippen MR) is 65.7 cm³/mol. The number of aliphatic hydroxyl groups is 1. The number of rotatable bonds is 3. The van der Waals surface area contributed by atoms with Gasteiger partial charge in [0, 0.05) is 18.8 Å². The Morgan fingerprint density at radius 1 is 1.21 bits per heavy atom. The summed E-state index contributed by atoms with van der Waals surface area (Å²) < 4.78 is 37.1. The van der Waals surface area contributed by atoms with Crippen LogP contribution in [0.5, 0.6) is 0 Å². The minimum absolute atomic E-state index is 0.214. The van der Waals surface area contributed by atoms with Crippen molar-refractivity contribution < 1.29 is 18.3 Å². The monoisotopic (exact) mass is 274 g/mol. The van der Waals surface area contributed by atoms with E-state index in [1.807, 2.05) is 0 Å². The highest BCUT2D eigenvalue weighted by Crippen LogP contribution is 2.30. The number of aliphatic hydroxyl groups excluding tert-OH is 1. The minimum Gasteiger partial charge on any atom is -0.396 e. The fourth-order valence-corrected chi connectivity index (χ4v) is 2.35. The van der Waals surface area contributed by atoms with Crippen LogP contribution in [0.4, 0.5) is 19.0 Å². The number of pyridine rings is 1. The van der Waals surface area contributed by atoms with Gasteiger partial charge in [-0.1, -0.05) is 0 Å². The molecule has 0 aromatic carbocycles. The number of anilines is 1. The summed E-state index contributed by atoms with van der Waals surface area (Å²) >= 11 is 0. The van der Waals surface area contributed by atoms with Gasteiger partial charge in [0.2, 0.25) is 0 Å². The second-order valence-electron chi connectivity index (χ2n) is 4.97. The largest absolute Gasteiger partial charge is 0.417 e. The standard InChI is InChI=1S/C13H17F3N2O/c14-13(15,16)10-3-6-12(17-7-10)18-11-4-1-9(8-19)2-5-11/h3,6-7,9,11,19H,1-2,4-5,8H2,(H,17,18)/t9-,11-. The maximum absolute atomic E-state index is 12.4. The van der Waals surface area contributed by atoms with Crippen molar-refractivity contribution in [2.24, 2.45) is 5.92 Å². The molecule has 0 saturated heterocycles. The summed E-state index contributed by atoms with van der Waals surface area (Å²) in [6, 6.07) is 2.63. The molecule has 3 nitrogen and oxygen atoms in total. The number of alkyl halides is 3. The molecular weight excluding hydrogens is 257 g/mol. The minimum atomic E-state index is -4.34. The first kappa shape index (κ1) is 14.1. The van der Waals surface area contributed by atoms with Crippen molar-refractivity contribution in [3.8, 4) is 0 Å². The molecule has 1 heterocycles. The first-order valence-corrected chi connectivity index (χ1v) is 6.39. The van der Waals surface area contributed by atoms with Gasteiger partial charge in [-0.15, -0.1) is 0 Å². The van der Waals surface area contributed by atoms with Crippen LogP contribution in [0.3, 0.4) is 0 Å². The number of hydrogen-bond acceptors (Lipinski definition) is 3. The Hall–Kier alpha value is -1.30. The SMILES string of the molecule is OC[C@H]1CC[C@H](Nc2ccc(C(F)(F)F)cn2)CC1. The van der Waals surface area contributed by atoms with E-state index in [0.29, 0.717) is 11.7 Å². The van der Waals surface area contributed by atoms with Crippen LogP contribution in [0.2, 0.25) is 0 Å². The van der Waals surface area contributed by atoms with Crippen molar-refractivity contribution in [1.82, 2.24) is 4.98 Å². The summed E-state index contributed by atoms with van der Waals surface area (Å²) in [4.78, 5) is 3.80. The van der Waals surface area contributed by atoms with Crippen LogP contribution < -0.4 is 5.32 Å². The van der Waals surface area contributed by atoms with Crippen molar-refractivity contribution in [2.75, 3.05) is 11.9 Å². The van der Waals surface area contributed by atoms with Gasteiger partial charge >= 0.3 is 6.18 Å². The molecule has 0 amide bonds. The zero-order chi connectivity index (χ0) is 13.9. The van der Waals surface area contributed by atoms with Crippen LogP contribution in [-0.4, -0.2) is 22.7 Å². The molecule has 2 N–H and O–H groups in total. The van der Waals surface area contributed by atoms with E-state index in [1.165, 1.54) is 6.07 Å². The second-order valence-corrected chi connectivity index (χ2v) is 4.97. The third-order valence-corrected chi connectivity index (χ3v) is 3.55. The fourth-order valence-electron chi connectivity index (χ4n) is 2.35. The average Bonchev–Trinajstić information content (AvgIpc) is 2.39. The molecule has 0 unspecified atom stereocenters. The number of hydrogen-bond donors (Lipinski definition) is 2. The molecule has 19 heavy (non-hydrogen) atoms. The summed E-state index contributed by atoms with van der Waals surface area (Å²) in [5.41, 5.74) is -0.734. The summed E-state index contributed by atoms with van der Waals surface area (Å²) in [5, 5.41) is 12.2. The predicted octanol–water partition coefficient (Wildman–Crippen LogP) is 3.06. The molecule has 1 aromatic rings. The Morgan fingerprint density at radius 2 is 1.89 bits per heavy atom. The highest BCUT2D eigenvalue weighted by molar-refractivity contribution is 5.37. The van der Waals surface area contributed by atoms with E-state index in [-0.39, 0.29) is 12.6 Å². The zero-order valence-electron chi connectivity index (χ0n) is 10.5. The molecule has 106 valence electrons. The molecule has 1 aromatic heterocycles. The Balaban J connectivity index is 1.90. The number of halogens is 3. The van der Waals surface area contributed by atoms with Gasteiger partial charge in [-0.2, -0.15) is 13.2 Å². The summed E-state index contributed by atoms with van der Waals surface area (Å²) in [5.74, 6) is 0.832.